The van der Waals surface area contributed by atoms with E-state index in [-0.39, 0.29) is 6.04 Å². The van der Waals surface area contributed by atoms with E-state index < -0.39 is 15.9 Å². The fraction of sp³-hybridized carbons (Fsp3) is 0.116. The summed E-state index contributed by atoms with van der Waals surface area (Å²) in [7, 11) is -4.46. The zero-order valence-corrected chi connectivity index (χ0v) is 28.9. The van der Waals surface area contributed by atoms with Crippen LogP contribution in [-0.2, 0) is 0 Å². The monoisotopic (exact) mass is 674 g/mol. The van der Waals surface area contributed by atoms with E-state index >= 15 is 4.89 Å². The van der Waals surface area contributed by atoms with Gasteiger partial charge in [-0.15, -0.1) is 4.67 Å². The molecule has 2 atom stereocenters. The third-order valence-corrected chi connectivity index (χ3v) is 15.0. The van der Waals surface area contributed by atoms with Gasteiger partial charge in [-0.3, -0.25) is 0 Å². The SMILES string of the molecule is [O-][P+]1(Oc2ccc3ccccc3c2-c2c(P(c3ccccc3)c3ccccc3)ccc3ccccc23)N(c2ccccc2)C[C@@H]2CCCN21. The summed E-state index contributed by atoms with van der Waals surface area (Å²) in [5.74, 6) is 0.657. The molecule has 0 N–H and O–H groups in total. The summed E-state index contributed by atoms with van der Waals surface area (Å²) in [6.45, 7) is 1.46. The molecule has 9 rings (SSSR count). The summed E-state index contributed by atoms with van der Waals surface area (Å²) >= 11 is 0. The molecule has 6 heteroatoms. The number of fused-ring (bicyclic) bond motifs is 3. The van der Waals surface area contributed by atoms with Crippen LogP contribution in [0.3, 0.4) is 0 Å². The van der Waals surface area contributed by atoms with Gasteiger partial charge in [-0.2, -0.15) is 0 Å². The zero-order chi connectivity index (χ0) is 32.8. The number of hydrogen-bond donors (Lipinski definition) is 0. The highest BCUT2D eigenvalue weighted by molar-refractivity contribution is 7.80. The molecule has 0 saturated carbocycles. The minimum Gasteiger partial charge on any atom is -0.614 e. The van der Waals surface area contributed by atoms with Crippen molar-refractivity contribution in [2.24, 2.45) is 0 Å². The molecule has 0 aliphatic carbocycles. The maximum atomic E-state index is 15.6. The van der Waals surface area contributed by atoms with Gasteiger partial charge in [0.2, 0.25) is 0 Å². The summed E-state index contributed by atoms with van der Waals surface area (Å²) in [5, 5.41) is 8.33. The smallest absolute Gasteiger partial charge is 0.326 e. The molecule has 2 aliphatic rings. The van der Waals surface area contributed by atoms with Crippen molar-refractivity contribution < 1.29 is 9.42 Å². The Balaban J connectivity index is 1.32. The number of para-hydroxylation sites is 1. The molecular weight excluding hydrogens is 638 g/mol. The fourth-order valence-corrected chi connectivity index (χ4v) is 12.9. The first-order chi connectivity index (χ1) is 24.2. The van der Waals surface area contributed by atoms with Gasteiger partial charge in [0.25, 0.3) is 0 Å². The van der Waals surface area contributed by atoms with Crippen molar-refractivity contribution >= 4 is 59.1 Å². The van der Waals surface area contributed by atoms with Crippen LogP contribution in [0, 0.1) is 0 Å². The standard InChI is InChI=1S/C43H36N2O2P2/c46-49(44-30-14-19-35(44)31-45(49)34-17-4-1-5-18-34)47-40-28-26-32-15-10-12-24-38(32)42(40)43-39-25-13-11-16-33(39)27-29-41(43)48(36-20-6-2-7-21-36)37-22-8-3-9-23-37/h1-13,15-18,20-29,35H,14,19,30-31H2/t35-,49?/m0/s1. The maximum absolute atomic E-state index is 15.6. The summed E-state index contributed by atoms with van der Waals surface area (Å²) in [4.78, 5) is 15.6. The number of anilines is 1. The van der Waals surface area contributed by atoms with E-state index in [4.69, 9.17) is 4.52 Å². The summed E-state index contributed by atoms with van der Waals surface area (Å²) < 4.78 is 11.3. The molecule has 0 spiro atoms. The van der Waals surface area contributed by atoms with E-state index in [0.29, 0.717) is 12.3 Å². The van der Waals surface area contributed by atoms with Crippen LogP contribution in [0.15, 0.2) is 164 Å². The zero-order valence-electron chi connectivity index (χ0n) is 27.1. The average Bonchev–Trinajstić information content (AvgIpc) is 3.74. The molecular formula is C43H36N2O2P2. The van der Waals surface area contributed by atoms with Crippen LogP contribution in [0.4, 0.5) is 5.69 Å². The largest absolute Gasteiger partial charge is 0.614 e. The normalized spacial score (nSPS) is 19.1. The Hall–Kier alpha value is -4.56. The van der Waals surface area contributed by atoms with Crippen LogP contribution in [-0.4, -0.2) is 23.8 Å². The van der Waals surface area contributed by atoms with Gasteiger partial charge in [0.05, 0.1) is 18.3 Å². The van der Waals surface area contributed by atoms with Gasteiger partial charge in [0, 0.05) is 17.7 Å². The first-order valence-electron chi connectivity index (χ1n) is 17.0. The second-order valence-electron chi connectivity index (χ2n) is 12.8. The summed E-state index contributed by atoms with van der Waals surface area (Å²) in [6.07, 6.45) is 2.05. The summed E-state index contributed by atoms with van der Waals surface area (Å²) in [5.41, 5.74) is 3.07. The highest BCUT2D eigenvalue weighted by Crippen LogP contribution is 2.67. The van der Waals surface area contributed by atoms with Gasteiger partial charge in [-0.1, -0.05) is 146 Å². The first-order valence-corrected chi connectivity index (χ1v) is 19.9. The van der Waals surface area contributed by atoms with Crippen molar-refractivity contribution in [3.8, 4) is 16.9 Å². The second kappa shape index (κ2) is 12.7. The van der Waals surface area contributed by atoms with Gasteiger partial charge in [-0.25, -0.2) is 4.67 Å². The molecule has 2 aliphatic heterocycles. The van der Waals surface area contributed by atoms with Crippen molar-refractivity contribution in [3.63, 3.8) is 0 Å². The average molecular weight is 675 g/mol. The van der Waals surface area contributed by atoms with Crippen LogP contribution in [0.25, 0.3) is 32.7 Å². The Labute approximate surface area is 289 Å². The van der Waals surface area contributed by atoms with Gasteiger partial charge >= 0.3 is 8.02 Å². The van der Waals surface area contributed by atoms with Crippen LogP contribution >= 0.6 is 15.9 Å². The molecule has 2 saturated heterocycles. The molecule has 2 fully saturated rings. The van der Waals surface area contributed by atoms with E-state index in [1.807, 2.05) is 22.9 Å². The lowest BCUT2D eigenvalue weighted by molar-refractivity contribution is -0.197. The number of hydrogen-bond acceptors (Lipinski definition) is 4. The van der Waals surface area contributed by atoms with Gasteiger partial charge in [0.1, 0.15) is 0 Å². The van der Waals surface area contributed by atoms with Crippen LogP contribution < -0.4 is 30.0 Å². The summed E-state index contributed by atoms with van der Waals surface area (Å²) in [6, 6.07) is 58.0. The molecule has 49 heavy (non-hydrogen) atoms. The van der Waals surface area contributed by atoms with Crippen molar-refractivity contribution in [2.75, 3.05) is 17.8 Å². The van der Waals surface area contributed by atoms with Crippen molar-refractivity contribution in [2.45, 2.75) is 18.9 Å². The highest BCUT2D eigenvalue weighted by atomic mass is 31.2. The molecule has 0 aromatic heterocycles. The molecule has 1 unspecified atom stereocenters. The molecule has 7 aromatic carbocycles. The lowest BCUT2D eigenvalue weighted by atomic mass is 9.93. The molecule has 240 valence electrons. The minimum atomic E-state index is -3.50. The van der Waals surface area contributed by atoms with E-state index in [9.17, 15) is 0 Å². The quantitative estimate of drug-likeness (QED) is 0.159. The second-order valence-corrected chi connectivity index (χ2v) is 17.2. The van der Waals surface area contributed by atoms with Gasteiger partial charge in [0.15, 0.2) is 5.75 Å². The van der Waals surface area contributed by atoms with E-state index in [1.165, 1.54) is 15.9 Å². The van der Waals surface area contributed by atoms with E-state index in [0.717, 1.165) is 57.7 Å². The highest BCUT2D eigenvalue weighted by Gasteiger charge is 2.58. The molecule has 0 radical (unpaired) electrons. The predicted octanol–water partition coefficient (Wildman–Crippen LogP) is 8.82. The molecule has 7 aromatic rings. The van der Waals surface area contributed by atoms with Gasteiger partial charge in [-0.05, 0) is 76.4 Å². The maximum Gasteiger partial charge on any atom is 0.326 e. The number of rotatable bonds is 7. The van der Waals surface area contributed by atoms with E-state index in [2.05, 4.69) is 150 Å². The van der Waals surface area contributed by atoms with Crippen LogP contribution in [0.1, 0.15) is 12.8 Å². The molecule has 2 heterocycles. The Kier molecular flexibility index (Phi) is 7.91. The van der Waals surface area contributed by atoms with Crippen LogP contribution in [0.2, 0.25) is 0 Å². The minimum absolute atomic E-state index is 0.201. The topological polar surface area (TPSA) is 38.8 Å². The van der Waals surface area contributed by atoms with Gasteiger partial charge < -0.3 is 9.42 Å². The number of nitrogens with zero attached hydrogens (tertiary/aromatic N) is 2. The number of benzene rings is 7. The Bertz CT molecular complexity index is 2230. The fourth-order valence-electron chi connectivity index (χ4n) is 7.74. The van der Waals surface area contributed by atoms with Crippen molar-refractivity contribution in [1.29, 1.82) is 0 Å². The third kappa shape index (κ3) is 5.32. The Morgan fingerprint density at radius 3 is 1.80 bits per heavy atom. The van der Waals surface area contributed by atoms with Crippen LogP contribution in [0.5, 0.6) is 5.75 Å². The Morgan fingerprint density at radius 2 is 1.14 bits per heavy atom. The molecule has 0 amide bonds. The lowest BCUT2D eigenvalue weighted by Crippen LogP contribution is -2.37. The first kappa shape index (κ1) is 30.5. The molecule has 4 nitrogen and oxygen atoms in total. The van der Waals surface area contributed by atoms with Crippen molar-refractivity contribution in [3.05, 3.63) is 164 Å². The third-order valence-electron chi connectivity index (χ3n) is 9.95. The lowest BCUT2D eigenvalue weighted by Gasteiger charge is -2.37. The predicted molar refractivity (Wildman–Crippen MR) is 207 cm³/mol. The van der Waals surface area contributed by atoms with Crippen molar-refractivity contribution in [1.82, 2.24) is 4.67 Å². The Morgan fingerprint density at radius 1 is 0.592 bits per heavy atom. The van der Waals surface area contributed by atoms with E-state index in [1.54, 1.807) is 0 Å². The molecule has 0 bridgehead atoms.